The van der Waals surface area contributed by atoms with Crippen LogP contribution in [0.5, 0.6) is 5.75 Å². The van der Waals surface area contributed by atoms with E-state index in [9.17, 15) is 12.8 Å². The smallest absolute Gasteiger partial charge is 0.370 e. The van der Waals surface area contributed by atoms with Crippen molar-refractivity contribution < 1.29 is 17.0 Å². The van der Waals surface area contributed by atoms with Gasteiger partial charge in [0.2, 0.25) is 0 Å². The molecule has 6 heteroatoms. The quantitative estimate of drug-likeness (QED) is 0.879. The molecule has 0 unspecified atom stereocenters. The van der Waals surface area contributed by atoms with Gasteiger partial charge in [-0.15, -0.1) is 0 Å². The summed E-state index contributed by atoms with van der Waals surface area (Å²) in [5, 5.41) is 0. The molecule has 1 aliphatic rings. The summed E-state index contributed by atoms with van der Waals surface area (Å²) in [6.07, 6.45) is 0. The Morgan fingerprint density at radius 2 is 1.90 bits per heavy atom. The van der Waals surface area contributed by atoms with Crippen LogP contribution in [0.2, 0.25) is 0 Å². The largest absolute Gasteiger partial charge is 0.382 e. The number of rotatable bonds is 1. The van der Waals surface area contributed by atoms with Gasteiger partial charge in [-0.1, -0.05) is 29.8 Å². The molecular formula is C14H12FNO3S. The molecule has 3 rings (SSSR count). The molecule has 0 aliphatic carbocycles. The maximum absolute atomic E-state index is 13.7. The number of hydrogen-bond donors (Lipinski definition) is 1. The zero-order chi connectivity index (χ0) is 14.3. The molecule has 0 radical (unpaired) electrons. The molecule has 0 saturated carbocycles. The van der Waals surface area contributed by atoms with Crippen molar-refractivity contribution in [1.82, 2.24) is 4.72 Å². The van der Waals surface area contributed by atoms with Crippen LogP contribution in [0.1, 0.15) is 11.1 Å². The average Bonchev–Trinajstić information content (AvgIpc) is 2.39. The Hall–Kier alpha value is -1.92. The lowest BCUT2D eigenvalue weighted by atomic mass is 10.00. The fraction of sp³-hybridized carbons (Fsp3) is 0.143. The summed E-state index contributed by atoms with van der Waals surface area (Å²) in [4.78, 5) is 0. The Morgan fingerprint density at radius 3 is 2.60 bits per heavy atom. The Bertz CT molecular complexity index is 770. The standard InChI is InChI=1S/C14H12FNO3S/c1-9-2-4-10(5-3-9)13-7-12(15)6-11-8-16-20(17,18)19-14(11)13/h2-7,16H,8H2,1H3. The molecule has 20 heavy (non-hydrogen) atoms. The average molecular weight is 293 g/mol. The van der Waals surface area contributed by atoms with Crippen molar-refractivity contribution in [2.75, 3.05) is 0 Å². The van der Waals surface area contributed by atoms with Crippen LogP contribution in [-0.2, 0) is 16.8 Å². The van der Waals surface area contributed by atoms with Gasteiger partial charge >= 0.3 is 10.3 Å². The van der Waals surface area contributed by atoms with Crippen molar-refractivity contribution in [2.24, 2.45) is 0 Å². The van der Waals surface area contributed by atoms with E-state index < -0.39 is 16.1 Å². The van der Waals surface area contributed by atoms with E-state index in [4.69, 9.17) is 4.18 Å². The summed E-state index contributed by atoms with van der Waals surface area (Å²) in [5.74, 6) is -0.238. The molecule has 4 nitrogen and oxygen atoms in total. The van der Waals surface area contributed by atoms with Crippen molar-refractivity contribution in [2.45, 2.75) is 13.5 Å². The Labute approximate surface area is 116 Å². The second-order valence-corrected chi connectivity index (χ2v) is 6.03. The minimum Gasteiger partial charge on any atom is -0.370 e. The van der Waals surface area contributed by atoms with Crippen LogP contribution in [0.25, 0.3) is 11.1 Å². The van der Waals surface area contributed by atoms with E-state index in [-0.39, 0.29) is 12.3 Å². The summed E-state index contributed by atoms with van der Waals surface area (Å²) < 4.78 is 43.9. The molecule has 0 atom stereocenters. The fourth-order valence-corrected chi connectivity index (χ4v) is 2.94. The Morgan fingerprint density at radius 1 is 1.20 bits per heavy atom. The SMILES string of the molecule is Cc1ccc(-c2cc(F)cc3c2OS(=O)(=O)NC3)cc1. The van der Waals surface area contributed by atoms with Gasteiger partial charge in [-0.05, 0) is 24.6 Å². The zero-order valence-corrected chi connectivity index (χ0v) is 11.5. The van der Waals surface area contributed by atoms with Crippen LogP contribution in [0.3, 0.4) is 0 Å². The number of nitrogens with one attached hydrogen (secondary N) is 1. The number of hydrogen-bond acceptors (Lipinski definition) is 3. The van der Waals surface area contributed by atoms with Crippen LogP contribution < -0.4 is 8.91 Å². The van der Waals surface area contributed by atoms with Crippen molar-refractivity contribution >= 4 is 10.3 Å². The lowest BCUT2D eigenvalue weighted by Crippen LogP contribution is -2.32. The maximum atomic E-state index is 13.7. The van der Waals surface area contributed by atoms with Crippen molar-refractivity contribution in [3.05, 3.63) is 53.3 Å². The number of fused-ring (bicyclic) bond motifs is 1. The number of benzene rings is 2. The van der Waals surface area contributed by atoms with Gasteiger partial charge in [0.15, 0.2) is 5.75 Å². The van der Waals surface area contributed by atoms with E-state index in [1.165, 1.54) is 12.1 Å². The van der Waals surface area contributed by atoms with E-state index >= 15 is 0 Å². The van der Waals surface area contributed by atoms with Crippen molar-refractivity contribution in [3.63, 3.8) is 0 Å². The zero-order valence-electron chi connectivity index (χ0n) is 10.7. The lowest BCUT2D eigenvalue weighted by molar-refractivity contribution is 0.452. The second kappa shape index (κ2) is 4.57. The van der Waals surface area contributed by atoms with Gasteiger partial charge in [-0.2, -0.15) is 13.1 Å². The van der Waals surface area contributed by atoms with E-state index in [0.717, 1.165) is 5.56 Å². The third kappa shape index (κ3) is 2.39. The first-order valence-electron chi connectivity index (χ1n) is 6.03. The van der Waals surface area contributed by atoms with Crippen LogP contribution in [0.4, 0.5) is 4.39 Å². The summed E-state index contributed by atoms with van der Waals surface area (Å²) in [6, 6.07) is 9.92. The molecule has 1 heterocycles. The summed E-state index contributed by atoms with van der Waals surface area (Å²) in [7, 11) is -3.82. The van der Waals surface area contributed by atoms with Gasteiger partial charge < -0.3 is 4.18 Å². The predicted octanol–water partition coefficient (Wildman–Crippen LogP) is 2.53. The monoisotopic (exact) mass is 293 g/mol. The summed E-state index contributed by atoms with van der Waals surface area (Å²) in [6.45, 7) is 1.96. The Balaban J connectivity index is 2.20. The summed E-state index contributed by atoms with van der Waals surface area (Å²) >= 11 is 0. The van der Waals surface area contributed by atoms with Gasteiger partial charge in [0.05, 0.1) is 0 Å². The molecule has 2 aromatic rings. The first-order valence-corrected chi connectivity index (χ1v) is 7.44. The molecule has 1 aliphatic heterocycles. The van der Waals surface area contributed by atoms with Crippen molar-refractivity contribution in [3.8, 4) is 16.9 Å². The highest BCUT2D eigenvalue weighted by Crippen LogP contribution is 2.37. The summed E-state index contributed by atoms with van der Waals surface area (Å²) in [5.41, 5.74) is 2.69. The molecule has 0 bridgehead atoms. The number of halogens is 1. The third-order valence-corrected chi connectivity index (χ3v) is 4.01. The molecule has 0 aromatic heterocycles. The first kappa shape index (κ1) is 13.1. The molecule has 104 valence electrons. The highest BCUT2D eigenvalue weighted by atomic mass is 32.2. The van der Waals surface area contributed by atoms with E-state index in [1.54, 1.807) is 0 Å². The molecular weight excluding hydrogens is 281 g/mol. The van der Waals surface area contributed by atoms with Gasteiger partial charge in [-0.25, -0.2) is 4.39 Å². The fourth-order valence-electron chi connectivity index (χ4n) is 2.13. The first-order chi connectivity index (χ1) is 9.44. The van der Waals surface area contributed by atoms with Crippen LogP contribution >= 0.6 is 0 Å². The Kier molecular flexibility index (Phi) is 2.99. The van der Waals surface area contributed by atoms with E-state index in [0.29, 0.717) is 16.7 Å². The lowest BCUT2D eigenvalue weighted by Gasteiger charge is -2.21. The molecule has 1 N–H and O–H groups in total. The minimum atomic E-state index is -3.82. The minimum absolute atomic E-state index is 0.0221. The van der Waals surface area contributed by atoms with Crippen LogP contribution in [0, 0.1) is 12.7 Å². The predicted molar refractivity (Wildman–Crippen MR) is 73.0 cm³/mol. The molecule has 0 saturated heterocycles. The van der Waals surface area contributed by atoms with Gasteiger partial charge in [0.1, 0.15) is 5.82 Å². The molecule has 0 spiro atoms. The van der Waals surface area contributed by atoms with Crippen LogP contribution in [0.15, 0.2) is 36.4 Å². The van der Waals surface area contributed by atoms with E-state index in [2.05, 4.69) is 4.72 Å². The van der Waals surface area contributed by atoms with Gasteiger partial charge in [-0.3, -0.25) is 0 Å². The maximum Gasteiger partial charge on any atom is 0.382 e. The van der Waals surface area contributed by atoms with Crippen molar-refractivity contribution in [1.29, 1.82) is 0 Å². The van der Waals surface area contributed by atoms with Gasteiger partial charge in [0.25, 0.3) is 0 Å². The highest BCUT2D eigenvalue weighted by molar-refractivity contribution is 7.85. The molecule has 2 aromatic carbocycles. The highest BCUT2D eigenvalue weighted by Gasteiger charge is 2.25. The second-order valence-electron chi connectivity index (χ2n) is 4.67. The van der Waals surface area contributed by atoms with Gasteiger partial charge in [0, 0.05) is 17.7 Å². The number of aryl methyl sites for hydroxylation is 1. The third-order valence-electron chi connectivity index (χ3n) is 3.13. The van der Waals surface area contributed by atoms with Crippen LogP contribution in [-0.4, -0.2) is 8.42 Å². The molecule has 0 amide bonds. The normalized spacial score (nSPS) is 16.3. The molecule has 0 fully saturated rings. The van der Waals surface area contributed by atoms with E-state index in [1.807, 2.05) is 31.2 Å². The topological polar surface area (TPSA) is 55.4 Å².